The van der Waals surface area contributed by atoms with Gasteiger partial charge in [-0.05, 0) is 24.3 Å². The standard InChI is InChI=1S/C14H12FN3O/c15-12-7-11(4-5-13(12)16)19-9-10-8-18-6-2-1-3-14(18)17-10/h1-8H,9,16H2. The van der Waals surface area contributed by atoms with Gasteiger partial charge in [-0.2, -0.15) is 0 Å². The van der Waals surface area contributed by atoms with E-state index in [-0.39, 0.29) is 12.3 Å². The highest BCUT2D eigenvalue weighted by Crippen LogP contribution is 2.19. The Kier molecular flexibility index (Phi) is 2.79. The minimum Gasteiger partial charge on any atom is -0.487 e. The molecular weight excluding hydrogens is 245 g/mol. The van der Waals surface area contributed by atoms with Crippen molar-refractivity contribution >= 4 is 11.3 Å². The lowest BCUT2D eigenvalue weighted by Gasteiger charge is -2.04. The Hall–Kier alpha value is -2.56. The number of pyridine rings is 1. The van der Waals surface area contributed by atoms with Crippen molar-refractivity contribution in [3.63, 3.8) is 0 Å². The van der Waals surface area contributed by atoms with Crippen LogP contribution in [0.2, 0.25) is 0 Å². The number of halogens is 1. The van der Waals surface area contributed by atoms with Crippen LogP contribution in [0.1, 0.15) is 5.69 Å². The number of aromatic nitrogens is 2. The number of rotatable bonds is 3. The summed E-state index contributed by atoms with van der Waals surface area (Å²) in [6, 6.07) is 10.1. The molecule has 0 amide bonds. The average molecular weight is 257 g/mol. The van der Waals surface area contributed by atoms with Gasteiger partial charge in [-0.25, -0.2) is 9.37 Å². The molecule has 3 aromatic rings. The third kappa shape index (κ3) is 2.35. The van der Waals surface area contributed by atoms with E-state index in [1.54, 1.807) is 6.07 Å². The topological polar surface area (TPSA) is 52.5 Å². The molecule has 0 radical (unpaired) electrons. The molecule has 0 aliphatic carbocycles. The Morgan fingerprint density at radius 1 is 1.26 bits per heavy atom. The quantitative estimate of drug-likeness (QED) is 0.734. The summed E-state index contributed by atoms with van der Waals surface area (Å²) in [6.07, 6.45) is 3.79. The van der Waals surface area contributed by atoms with E-state index in [9.17, 15) is 4.39 Å². The maximum Gasteiger partial charge on any atom is 0.149 e. The molecule has 0 atom stereocenters. The van der Waals surface area contributed by atoms with Gasteiger partial charge >= 0.3 is 0 Å². The Balaban J connectivity index is 1.76. The molecule has 0 unspecified atom stereocenters. The Morgan fingerprint density at radius 2 is 2.16 bits per heavy atom. The maximum absolute atomic E-state index is 13.2. The van der Waals surface area contributed by atoms with Crippen LogP contribution in [0.3, 0.4) is 0 Å². The summed E-state index contributed by atoms with van der Waals surface area (Å²) in [6.45, 7) is 0.283. The molecule has 2 N–H and O–H groups in total. The fourth-order valence-electron chi connectivity index (χ4n) is 1.81. The summed E-state index contributed by atoms with van der Waals surface area (Å²) < 4.78 is 20.6. The largest absolute Gasteiger partial charge is 0.487 e. The first-order valence-corrected chi connectivity index (χ1v) is 5.83. The smallest absolute Gasteiger partial charge is 0.149 e. The van der Waals surface area contributed by atoms with Crippen LogP contribution >= 0.6 is 0 Å². The summed E-state index contributed by atoms with van der Waals surface area (Å²) in [5.74, 6) is -0.0451. The molecule has 2 aromatic heterocycles. The van der Waals surface area contributed by atoms with Crippen molar-refractivity contribution in [2.24, 2.45) is 0 Å². The zero-order valence-electron chi connectivity index (χ0n) is 10.1. The number of anilines is 1. The van der Waals surface area contributed by atoms with Crippen LogP contribution < -0.4 is 10.5 Å². The Labute approximate surface area is 109 Å². The molecule has 0 spiro atoms. The van der Waals surface area contributed by atoms with E-state index >= 15 is 0 Å². The second-order valence-electron chi connectivity index (χ2n) is 4.17. The average Bonchev–Trinajstić information content (AvgIpc) is 2.83. The molecule has 4 nitrogen and oxygen atoms in total. The van der Waals surface area contributed by atoms with Crippen molar-refractivity contribution in [3.05, 3.63) is 60.3 Å². The first-order chi connectivity index (χ1) is 9.22. The molecule has 96 valence electrons. The zero-order chi connectivity index (χ0) is 13.2. The van der Waals surface area contributed by atoms with Crippen LogP contribution in [-0.2, 0) is 6.61 Å². The lowest BCUT2D eigenvalue weighted by Crippen LogP contribution is -1.97. The maximum atomic E-state index is 13.2. The monoisotopic (exact) mass is 257 g/mol. The fourth-order valence-corrected chi connectivity index (χ4v) is 1.81. The van der Waals surface area contributed by atoms with Crippen molar-refractivity contribution in [2.45, 2.75) is 6.61 Å². The number of nitrogens with two attached hydrogens (primary N) is 1. The molecule has 1 aromatic carbocycles. The van der Waals surface area contributed by atoms with Gasteiger partial charge < -0.3 is 14.9 Å². The number of fused-ring (bicyclic) bond motifs is 1. The molecule has 0 saturated heterocycles. The van der Waals surface area contributed by atoms with Crippen LogP contribution in [-0.4, -0.2) is 9.38 Å². The second-order valence-corrected chi connectivity index (χ2v) is 4.17. The van der Waals surface area contributed by atoms with Gasteiger partial charge in [0.2, 0.25) is 0 Å². The number of nitrogen functional groups attached to an aromatic ring is 1. The van der Waals surface area contributed by atoms with E-state index in [4.69, 9.17) is 10.5 Å². The molecule has 5 heteroatoms. The van der Waals surface area contributed by atoms with Gasteiger partial charge in [0.15, 0.2) is 0 Å². The summed E-state index contributed by atoms with van der Waals surface area (Å²) in [7, 11) is 0. The number of ether oxygens (including phenoxy) is 1. The molecule has 0 aliphatic rings. The van der Waals surface area contributed by atoms with Crippen molar-refractivity contribution < 1.29 is 9.13 Å². The fraction of sp³-hybridized carbons (Fsp3) is 0.0714. The normalized spacial score (nSPS) is 10.8. The minimum absolute atomic E-state index is 0.111. The van der Waals surface area contributed by atoms with E-state index in [0.29, 0.717) is 5.75 Å². The summed E-state index contributed by atoms with van der Waals surface area (Å²) in [4.78, 5) is 4.39. The van der Waals surface area contributed by atoms with Gasteiger partial charge in [0.25, 0.3) is 0 Å². The molecule has 0 saturated carbocycles. The highest BCUT2D eigenvalue weighted by atomic mass is 19.1. The van der Waals surface area contributed by atoms with E-state index in [2.05, 4.69) is 4.98 Å². The van der Waals surface area contributed by atoms with Crippen LogP contribution in [0, 0.1) is 5.82 Å². The molecule has 0 fully saturated rings. The predicted molar refractivity (Wildman–Crippen MR) is 70.3 cm³/mol. The predicted octanol–water partition coefficient (Wildman–Crippen LogP) is 2.63. The van der Waals surface area contributed by atoms with Crippen molar-refractivity contribution in [3.8, 4) is 5.75 Å². The lowest BCUT2D eigenvalue weighted by atomic mass is 10.3. The molecule has 0 bridgehead atoms. The van der Waals surface area contributed by atoms with Gasteiger partial charge in [-0.3, -0.25) is 0 Å². The molecule has 0 aliphatic heterocycles. The van der Waals surface area contributed by atoms with Gasteiger partial charge in [0, 0.05) is 18.5 Å². The van der Waals surface area contributed by atoms with Crippen LogP contribution in [0.15, 0.2) is 48.8 Å². The first-order valence-electron chi connectivity index (χ1n) is 5.83. The van der Waals surface area contributed by atoms with E-state index in [1.165, 1.54) is 12.1 Å². The number of hydrogen-bond acceptors (Lipinski definition) is 3. The van der Waals surface area contributed by atoms with Gasteiger partial charge in [-0.15, -0.1) is 0 Å². The van der Waals surface area contributed by atoms with E-state index in [1.807, 2.05) is 35.0 Å². The van der Waals surface area contributed by atoms with E-state index in [0.717, 1.165) is 11.3 Å². The van der Waals surface area contributed by atoms with Crippen molar-refractivity contribution in [1.82, 2.24) is 9.38 Å². The highest BCUT2D eigenvalue weighted by Gasteiger charge is 2.04. The van der Waals surface area contributed by atoms with Gasteiger partial charge in [-0.1, -0.05) is 6.07 Å². The lowest BCUT2D eigenvalue weighted by molar-refractivity contribution is 0.300. The summed E-state index contributed by atoms with van der Waals surface area (Å²) >= 11 is 0. The Morgan fingerprint density at radius 3 is 2.95 bits per heavy atom. The summed E-state index contributed by atoms with van der Waals surface area (Å²) in [5, 5.41) is 0. The number of imidazole rings is 1. The third-order valence-corrected chi connectivity index (χ3v) is 2.77. The molecule has 2 heterocycles. The van der Waals surface area contributed by atoms with Crippen molar-refractivity contribution in [1.29, 1.82) is 0 Å². The third-order valence-electron chi connectivity index (χ3n) is 2.77. The van der Waals surface area contributed by atoms with Crippen molar-refractivity contribution in [2.75, 3.05) is 5.73 Å². The number of nitrogens with zero attached hydrogens (tertiary/aromatic N) is 2. The minimum atomic E-state index is -0.479. The van der Waals surface area contributed by atoms with Crippen LogP contribution in [0.4, 0.5) is 10.1 Å². The van der Waals surface area contributed by atoms with Crippen LogP contribution in [0.5, 0.6) is 5.75 Å². The van der Waals surface area contributed by atoms with Gasteiger partial charge in [0.05, 0.1) is 11.4 Å². The highest BCUT2D eigenvalue weighted by molar-refractivity contribution is 5.43. The molecule has 19 heavy (non-hydrogen) atoms. The zero-order valence-corrected chi connectivity index (χ0v) is 10.1. The molecular formula is C14H12FN3O. The first kappa shape index (κ1) is 11.5. The molecule has 3 rings (SSSR count). The van der Waals surface area contributed by atoms with Gasteiger partial charge in [0.1, 0.15) is 23.8 Å². The summed E-state index contributed by atoms with van der Waals surface area (Å²) in [5.41, 5.74) is 7.14. The van der Waals surface area contributed by atoms with E-state index < -0.39 is 5.82 Å². The SMILES string of the molecule is Nc1ccc(OCc2cn3ccccc3n2)cc1F. The number of hydrogen-bond donors (Lipinski definition) is 1. The second kappa shape index (κ2) is 4.61. The Bertz CT molecular complexity index is 691. The number of benzene rings is 1. The van der Waals surface area contributed by atoms with Crippen LogP contribution in [0.25, 0.3) is 5.65 Å².